The maximum atomic E-state index is 14.3. The Balaban J connectivity index is 1.90. The van der Waals surface area contributed by atoms with Crippen LogP contribution in [0.2, 0.25) is 0 Å². The Morgan fingerprint density at radius 2 is 1.70 bits per heavy atom. The lowest BCUT2D eigenvalue weighted by Gasteiger charge is -2.18. The van der Waals surface area contributed by atoms with Crippen LogP contribution in [-0.4, -0.2) is 25.1 Å². The molecule has 2 aromatic carbocycles. The molecule has 0 saturated carbocycles. The molecule has 1 aromatic heterocycles. The molecular formula is C22H24FN3O3S. The fourth-order valence-electron chi connectivity index (χ4n) is 3.52. The minimum atomic E-state index is -3.46. The molecule has 1 atom stereocenters. The highest BCUT2D eigenvalue weighted by Gasteiger charge is 2.21. The Kier molecular flexibility index (Phi) is 5.98. The SMILES string of the molecule is Cc1cc(C(=O)NC(C)c2ccccc2NS(C)(=O)=O)c(C)n1-c1ccccc1F. The normalized spacial score (nSPS) is 12.4. The highest BCUT2D eigenvalue weighted by molar-refractivity contribution is 7.92. The Bertz CT molecular complexity index is 1200. The highest BCUT2D eigenvalue weighted by Crippen LogP contribution is 2.26. The molecule has 1 amide bonds. The van der Waals surface area contributed by atoms with Crippen LogP contribution in [-0.2, 0) is 10.0 Å². The molecule has 0 aliphatic rings. The molecule has 1 unspecified atom stereocenters. The van der Waals surface area contributed by atoms with Crippen LogP contribution in [0.3, 0.4) is 0 Å². The molecule has 2 N–H and O–H groups in total. The summed E-state index contributed by atoms with van der Waals surface area (Å²) in [6.07, 6.45) is 1.07. The third-order valence-electron chi connectivity index (χ3n) is 4.84. The lowest BCUT2D eigenvalue weighted by molar-refractivity contribution is 0.0939. The van der Waals surface area contributed by atoms with Gasteiger partial charge in [-0.05, 0) is 50.6 Å². The van der Waals surface area contributed by atoms with Gasteiger partial charge in [-0.15, -0.1) is 0 Å². The molecule has 0 aliphatic heterocycles. The molecule has 0 radical (unpaired) electrons. The first kappa shape index (κ1) is 21.6. The van der Waals surface area contributed by atoms with Crippen LogP contribution in [0.5, 0.6) is 0 Å². The first-order valence-electron chi connectivity index (χ1n) is 9.40. The zero-order valence-corrected chi connectivity index (χ0v) is 18.0. The second-order valence-corrected chi connectivity index (χ2v) is 8.98. The summed E-state index contributed by atoms with van der Waals surface area (Å²) in [4.78, 5) is 13.0. The fourth-order valence-corrected chi connectivity index (χ4v) is 4.10. The summed E-state index contributed by atoms with van der Waals surface area (Å²) in [5.74, 6) is -0.701. The second kappa shape index (κ2) is 8.31. The summed E-state index contributed by atoms with van der Waals surface area (Å²) in [7, 11) is -3.46. The van der Waals surface area contributed by atoms with Gasteiger partial charge in [0.05, 0.1) is 29.2 Å². The zero-order chi connectivity index (χ0) is 22.1. The lowest BCUT2D eigenvalue weighted by atomic mass is 10.1. The van der Waals surface area contributed by atoms with Gasteiger partial charge in [0.1, 0.15) is 5.82 Å². The van der Waals surface area contributed by atoms with E-state index in [0.29, 0.717) is 28.2 Å². The van der Waals surface area contributed by atoms with E-state index in [4.69, 9.17) is 0 Å². The number of anilines is 1. The molecule has 0 saturated heterocycles. The molecule has 3 aromatic rings. The predicted molar refractivity (Wildman–Crippen MR) is 116 cm³/mol. The summed E-state index contributed by atoms with van der Waals surface area (Å²) in [6.45, 7) is 5.35. The van der Waals surface area contributed by atoms with Crippen molar-refractivity contribution in [2.24, 2.45) is 0 Å². The molecule has 6 nitrogen and oxygen atoms in total. The van der Waals surface area contributed by atoms with Crippen molar-refractivity contribution in [3.05, 3.63) is 82.9 Å². The third-order valence-corrected chi connectivity index (χ3v) is 5.43. The molecule has 0 spiro atoms. The number of hydrogen-bond acceptors (Lipinski definition) is 3. The van der Waals surface area contributed by atoms with Crippen LogP contribution in [0, 0.1) is 19.7 Å². The number of benzene rings is 2. The number of nitrogens with zero attached hydrogens (tertiary/aromatic N) is 1. The number of carbonyl (C=O) groups excluding carboxylic acids is 1. The average molecular weight is 430 g/mol. The topological polar surface area (TPSA) is 80.2 Å². The number of halogens is 1. The molecule has 0 fully saturated rings. The summed E-state index contributed by atoms with van der Waals surface area (Å²) in [6, 6.07) is 14.5. The largest absolute Gasteiger partial charge is 0.345 e. The van der Waals surface area contributed by atoms with E-state index in [1.807, 2.05) is 6.92 Å². The van der Waals surface area contributed by atoms with Crippen molar-refractivity contribution in [2.75, 3.05) is 11.0 Å². The summed E-state index contributed by atoms with van der Waals surface area (Å²) >= 11 is 0. The Hall–Kier alpha value is -3.13. The molecule has 8 heteroatoms. The maximum absolute atomic E-state index is 14.3. The van der Waals surface area contributed by atoms with Gasteiger partial charge in [-0.3, -0.25) is 9.52 Å². The third kappa shape index (κ3) is 4.54. The number of aryl methyl sites for hydroxylation is 1. The summed E-state index contributed by atoms with van der Waals surface area (Å²) in [5.41, 5.74) is 3.20. The van der Waals surface area contributed by atoms with Crippen LogP contribution < -0.4 is 10.0 Å². The van der Waals surface area contributed by atoms with Gasteiger partial charge in [0, 0.05) is 11.4 Å². The van der Waals surface area contributed by atoms with E-state index in [1.54, 1.807) is 66.9 Å². The number of aromatic nitrogens is 1. The van der Waals surface area contributed by atoms with E-state index in [-0.39, 0.29) is 11.7 Å². The monoisotopic (exact) mass is 429 g/mol. The number of rotatable bonds is 6. The summed E-state index contributed by atoms with van der Waals surface area (Å²) < 4.78 is 41.7. The fraction of sp³-hybridized carbons (Fsp3) is 0.227. The van der Waals surface area contributed by atoms with Crippen molar-refractivity contribution < 1.29 is 17.6 Å². The van der Waals surface area contributed by atoms with E-state index in [0.717, 1.165) is 11.9 Å². The minimum absolute atomic E-state index is 0.327. The average Bonchev–Trinajstić information content (AvgIpc) is 2.95. The van der Waals surface area contributed by atoms with E-state index in [9.17, 15) is 17.6 Å². The number of carbonyl (C=O) groups is 1. The molecule has 1 heterocycles. The van der Waals surface area contributed by atoms with Crippen molar-refractivity contribution in [1.82, 2.24) is 9.88 Å². The van der Waals surface area contributed by atoms with Crippen LogP contribution in [0.25, 0.3) is 5.69 Å². The van der Waals surface area contributed by atoms with E-state index < -0.39 is 16.1 Å². The van der Waals surface area contributed by atoms with Crippen molar-refractivity contribution in [3.8, 4) is 5.69 Å². The first-order valence-corrected chi connectivity index (χ1v) is 11.3. The number of para-hydroxylation sites is 2. The van der Waals surface area contributed by atoms with Crippen LogP contribution in [0.15, 0.2) is 54.6 Å². The lowest BCUT2D eigenvalue weighted by Crippen LogP contribution is -2.28. The van der Waals surface area contributed by atoms with Crippen molar-refractivity contribution in [2.45, 2.75) is 26.8 Å². The Morgan fingerprint density at radius 1 is 1.07 bits per heavy atom. The second-order valence-electron chi connectivity index (χ2n) is 7.23. The summed E-state index contributed by atoms with van der Waals surface area (Å²) in [5, 5.41) is 2.91. The Labute approximate surface area is 175 Å². The first-order chi connectivity index (χ1) is 14.1. The number of amides is 1. The molecular weight excluding hydrogens is 405 g/mol. The molecule has 30 heavy (non-hydrogen) atoms. The standard InChI is InChI=1S/C22H24FN3O3S/c1-14-13-18(16(3)26(14)21-12-8-6-10-19(21)23)22(27)24-15(2)17-9-5-7-11-20(17)25-30(4,28)29/h5-13,15,25H,1-4H3,(H,24,27). The van der Waals surface area contributed by atoms with Gasteiger partial charge in [-0.25, -0.2) is 12.8 Å². The molecule has 3 rings (SSSR count). The van der Waals surface area contributed by atoms with E-state index in [1.165, 1.54) is 6.07 Å². The maximum Gasteiger partial charge on any atom is 0.253 e. The number of nitrogens with one attached hydrogen (secondary N) is 2. The van der Waals surface area contributed by atoms with Gasteiger partial charge >= 0.3 is 0 Å². The van der Waals surface area contributed by atoms with Gasteiger partial charge in [0.25, 0.3) is 5.91 Å². The van der Waals surface area contributed by atoms with Gasteiger partial charge in [0.2, 0.25) is 10.0 Å². The van der Waals surface area contributed by atoms with Crippen molar-refractivity contribution in [1.29, 1.82) is 0 Å². The smallest absolute Gasteiger partial charge is 0.253 e. The zero-order valence-electron chi connectivity index (χ0n) is 17.2. The van der Waals surface area contributed by atoms with Crippen molar-refractivity contribution in [3.63, 3.8) is 0 Å². The Morgan fingerprint density at radius 3 is 2.37 bits per heavy atom. The number of hydrogen-bond donors (Lipinski definition) is 2. The highest BCUT2D eigenvalue weighted by atomic mass is 32.2. The van der Waals surface area contributed by atoms with Crippen LogP contribution in [0.1, 0.15) is 40.3 Å². The predicted octanol–water partition coefficient (Wildman–Crippen LogP) is 4.10. The van der Waals surface area contributed by atoms with Gasteiger partial charge < -0.3 is 9.88 Å². The van der Waals surface area contributed by atoms with Crippen LogP contribution in [0.4, 0.5) is 10.1 Å². The molecule has 0 bridgehead atoms. The molecule has 0 aliphatic carbocycles. The van der Waals surface area contributed by atoms with Crippen molar-refractivity contribution >= 4 is 21.6 Å². The molecule has 158 valence electrons. The quantitative estimate of drug-likeness (QED) is 0.619. The van der Waals surface area contributed by atoms with Crippen LogP contribution >= 0.6 is 0 Å². The van der Waals surface area contributed by atoms with Gasteiger partial charge in [-0.1, -0.05) is 30.3 Å². The van der Waals surface area contributed by atoms with E-state index in [2.05, 4.69) is 10.0 Å². The minimum Gasteiger partial charge on any atom is -0.345 e. The van der Waals surface area contributed by atoms with Gasteiger partial charge in [-0.2, -0.15) is 0 Å². The van der Waals surface area contributed by atoms with Gasteiger partial charge in [0.15, 0.2) is 0 Å². The van der Waals surface area contributed by atoms with E-state index >= 15 is 0 Å². The number of sulfonamides is 1.